The van der Waals surface area contributed by atoms with Crippen LogP contribution in [0.25, 0.3) is 11.3 Å². The molecule has 0 unspecified atom stereocenters. The molecule has 0 aliphatic carbocycles. The van der Waals surface area contributed by atoms with E-state index in [9.17, 15) is 14.4 Å². The predicted molar refractivity (Wildman–Crippen MR) is 121 cm³/mol. The van der Waals surface area contributed by atoms with E-state index in [0.717, 1.165) is 5.56 Å². The molecule has 0 radical (unpaired) electrons. The van der Waals surface area contributed by atoms with Gasteiger partial charge in [0.05, 0.1) is 11.9 Å². The monoisotopic (exact) mass is 444 g/mol. The van der Waals surface area contributed by atoms with Crippen LogP contribution in [0.1, 0.15) is 25.7 Å². The molecule has 0 atom stereocenters. The fourth-order valence-electron chi connectivity index (χ4n) is 2.74. The van der Waals surface area contributed by atoms with E-state index in [-0.39, 0.29) is 5.69 Å². The van der Waals surface area contributed by atoms with E-state index in [2.05, 4.69) is 20.5 Å². The number of esters is 1. The van der Waals surface area contributed by atoms with Crippen LogP contribution in [0.4, 0.5) is 0 Å². The third kappa shape index (κ3) is 5.21. The van der Waals surface area contributed by atoms with Crippen molar-refractivity contribution in [1.82, 2.24) is 15.4 Å². The first-order valence-corrected chi connectivity index (χ1v) is 10.3. The maximum atomic E-state index is 12.4. The number of hydrogen-bond acceptors (Lipinski definition) is 7. The maximum Gasteiger partial charge on any atom is 0.353 e. The minimum Gasteiger partial charge on any atom is -0.422 e. The number of carbonyl (C=O) groups is 2. The van der Waals surface area contributed by atoms with Crippen LogP contribution in [0.5, 0.6) is 5.75 Å². The van der Waals surface area contributed by atoms with Crippen molar-refractivity contribution in [3.63, 3.8) is 0 Å². The topological polar surface area (TPSA) is 114 Å². The first-order chi connectivity index (χ1) is 15.6. The molecule has 2 aromatic heterocycles. The second kappa shape index (κ2) is 9.63. The summed E-state index contributed by atoms with van der Waals surface area (Å²) in [4.78, 5) is 43.0. The van der Waals surface area contributed by atoms with Crippen LogP contribution in [0, 0.1) is 0 Å². The molecular formula is C23H16N4O4S. The van der Waals surface area contributed by atoms with Gasteiger partial charge in [-0.05, 0) is 47.3 Å². The number of benzene rings is 2. The van der Waals surface area contributed by atoms with E-state index >= 15 is 0 Å². The largest absolute Gasteiger partial charge is 0.422 e. The molecule has 0 spiro atoms. The molecular weight excluding hydrogens is 428 g/mol. The van der Waals surface area contributed by atoms with Gasteiger partial charge in [-0.3, -0.25) is 4.79 Å². The van der Waals surface area contributed by atoms with Gasteiger partial charge in [0.2, 0.25) is 0 Å². The molecule has 4 aromatic rings. The summed E-state index contributed by atoms with van der Waals surface area (Å²) >= 11 is 1.30. The molecule has 0 bridgehead atoms. The Kier molecular flexibility index (Phi) is 6.28. The molecule has 4 rings (SSSR count). The van der Waals surface area contributed by atoms with Gasteiger partial charge in [0.1, 0.15) is 16.3 Å². The van der Waals surface area contributed by atoms with Crippen molar-refractivity contribution in [3.8, 4) is 17.0 Å². The Balaban J connectivity index is 1.39. The van der Waals surface area contributed by atoms with E-state index < -0.39 is 17.6 Å². The van der Waals surface area contributed by atoms with Gasteiger partial charge in [0.25, 0.3) is 5.91 Å². The number of hydrazone groups is 1. The summed E-state index contributed by atoms with van der Waals surface area (Å²) in [6.07, 6.45) is 1.43. The summed E-state index contributed by atoms with van der Waals surface area (Å²) in [5, 5.41) is 5.71. The number of nitrogens with zero attached hydrogens (tertiary/aromatic N) is 2. The van der Waals surface area contributed by atoms with Crippen molar-refractivity contribution in [1.29, 1.82) is 0 Å². The number of carbonyl (C=O) groups excluding carboxylic acids is 2. The van der Waals surface area contributed by atoms with E-state index in [1.165, 1.54) is 23.6 Å². The smallest absolute Gasteiger partial charge is 0.353 e. The fraction of sp³-hybridized carbons (Fsp3) is 0. The van der Waals surface area contributed by atoms with Crippen molar-refractivity contribution < 1.29 is 14.3 Å². The average Bonchev–Trinajstić information content (AvgIpc) is 3.36. The van der Waals surface area contributed by atoms with Crippen LogP contribution in [-0.2, 0) is 0 Å². The zero-order chi connectivity index (χ0) is 22.3. The highest BCUT2D eigenvalue weighted by Gasteiger charge is 2.11. The van der Waals surface area contributed by atoms with Crippen molar-refractivity contribution in [2.45, 2.75) is 0 Å². The fourth-order valence-corrected chi connectivity index (χ4v) is 3.34. The minimum absolute atomic E-state index is 0.0387. The van der Waals surface area contributed by atoms with Gasteiger partial charge in [-0.2, -0.15) is 10.1 Å². The zero-order valence-electron chi connectivity index (χ0n) is 16.5. The molecule has 0 saturated carbocycles. The lowest BCUT2D eigenvalue weighted by Gasteiger charge is -2.04. The summed E-state index contributed by atoms with van der Waals surface area (Å²) < 4.78 is 5.29. The molecule has 0 aliphatic heterocycles. The highest BCUT2D eigenvalue weighted by atomic mass is 32.1. The molecule has 1 amide bonds. The minimum atomic E-state index is -0.631. The molecule has 32 heavy (non-hydrogen) atoms. The first-order valence-electron chi connectivity index (χ1n) is 9.44. The summed E-state index contributed by atoms with van der Waals surface area (Å²) in [5.41, 5.74) is 3.55. The number of ether oxygens (including phenoxy) is 1. The maximum absolute atomic E-state index is 12.4. The SMILES string of the molecule is O=C(N/N=C/c1ccc(OC(=O)c2cccs2)cc1)c1cc(-c2ccccc2)nc(=O)[nH]1. The Morgan fingerprint density at radius 1 is 1.03 bits per heavy atom. The third-order valence-corrected chi connectivity index (χ3v) is 5.10. The third-order valence-electron chi connectivity index (χ3n) is 4.25. The number of aromatic nitrogens is 2. The van der Waals surface area contributed by atoms with E-state index in [1.807, 2.05) is 18.2 Å². The molecule has 9 heteroatoms. The number of H-pyrrole nitrogens is 1. The normalized spacial score (nSPS) is 10.8. The Labute approximate surface area is 186 Å². The van der Waals surface area contributed by atoms with Gasteiger partial charge in [0.15, 0.2) is 0 Å². The van der Waals surface area contributed by atoms with Gasteiger partial charge in [-0.15, -0.1) is 11.3 Å². The second-order valence-electron chi connectivity index (χ2n) is 6.49. The average molecular weight is 444 g/mol. The lowest BCUT2D eigenvalue weighted by molar-refractivity contribution is 0.0739. The van der Waals surface area contributed by atoms with Crippen molar-refractivity contribution in [3.05, 3.63) is 105 Å². The van der Waals surface area contributed by atoms with Gasteiger partial charge < -0.3 is 9.72 Å². The molecule has 0 aliphatic rings. The Bertz CT molecular complexity index is 1310. The van der Waals surface area contributed by atoms with Crippen LogP contribution >= 0.6 is 11.3 Å². The lowest BCUT2D eigenvalue weighted by Crippen LogP contribution is -2.24. The van der Waals surface area contributed by atoms with Crippen LogP contribution in [0.3, 0.4) is 0 Å². The predicted octanol–water partition coefficient (Wildman–Crippen LogP) is 3.48. The van der Waals surface area contributed by atoms with Crippen molar-refractivity contribution >= 4 is 29.4 Å². The highest BCUT2D eigenvalue weighted by Crippen LogP contribution is 2.17. The Hall–Kier alpha value is -4.37. The molecule has 8 nitrogen and oxygen atoms in total. The number of rotatable bonds is 6. The second-order valence-corrected chi connectivity index (χ2v) is 7.43. The Morgan fingerprint density at radius 3 is 2.53 bits per heavy atom. The van der Waals surface area contributed by atoms with Crippen molar-refractivity contribution in [2.75, 3.05) is 0 Å². The van der Waals surface area contributed by atoms with E-state index in [0.29, 0.717) is 21.9 Å². The number of nitrogens with one attached hydrogen (secondary N) is 2. The van der Waals surface area contributed by atoms with Gasteiger partial charge in [0, 0.05) is 5.56 Å². The van der Waals surface area contributed by atoms with E-state index in [1.54, 1.807) is 53.9 Å². The summed E-state index contributed by atoms with van der Waals surface area (Å²) in [5.74, 6) is -0.610. The van der Waals surface area contributed by atoms with Crippen LogP contribution in [-0.4, -0.2) is 28.1 Å². The molecule has 158 valence electrons. The number of aromatic amines is 1. The van der Waals surface area contributed by atoms with Crippen LogP contribution in [0.15, 0.2) is 88.1 Å². The zero-order valence-corrected chi connectivity index (χ0v) is 17.3. The van der Waals surface area contributed by atoms with Crippen LogP contribution < -0.4 is 15.9 Å². The summed E-state index contributed by atoms with van der Waals surface area (Å²) in [6, 6.07) is 20.6. The summed E-state index contributed by atoms with van der Waals surface area (Å²) in [6.45, 7) is 0. The summed E-state index contributed by atoms with van der Waals surface area (Å²) in [7, 11) is 0. The molecule has 2 heterocycles. The molecule has 0 fully saturated rings. The molecule has 2 aromatic carbocycles. The van der Waals surface area contributed by atoms with Gasteiger partial charge >= 0.3 is 11.7 Å². The standard InChI is InChI=1S/C23H16N4O4S/c28-21(19-13-18(25-23(30)26-19)16-5-2-1-3-6-16)27-24-14-15-8-10-17(11-9-15)31-22(29)20-7-4-12-32-20/h1-14H,(H,27,28)(H,25,26,30)/b24-14+. The number of hydrogen-bond donors (Lipinski definition) is 2. The lowest BCUT2D eigenvalue weighted by atomic mass is 10.1. The van der Waals surface area contributed by atoms with Gasteiger partial charge in [-0.1, -0.05) is 36.4 Å². The number of thiophene rings is 1. The van der Waals surface area contributed by atoms with Crippen LogP contribution in [0.2, 0.25) is 0 Å². The molecule has 0 saturated heterocycles. The first kappa shape index (κ1) is 20.9. The Morgan fingerprint density at radius 2 is 1.81 bits per heavy atom. The number of amides is 1. The quantitative estimate of drug-likeness (QED) is 0.205. The van der Waals surface area contributed by atoms with E-state index in [4.69, 9.17) is 4.74 Å². The highest BCUT2D eigenvalue weighted by molar-refractivity contribution is 7.12. The molecule has 2 N–H and O–H groups in total. The van der Waals surface area contributed by atoms with Gasteiger partial charge in [-0.25, -0.2) is 15.0 Å². The van der Waals surface area contributed by atoms with Crippen molar-refractivity contribution in [2.24, 2.45) is 5.10 Å².